The van der Waals surface area contributed by atoms with Gasteiger partial charge in [-0.05, 0) is 24.5 Å². The molecule has 0 aliphatic rings. The Balaban J connectivity index is 1.67. The molecule has 22 heavy (non-hydrogen) atoms. The fourth-order valence-corrected chi connectivity index (χ4v) is 2.35. The lowest BCUT2D eigenvalue weighted by Crippen LogP contribution is -2.20. The Morgan fingerprint density at radius 1 is 1.14 bits per heavy atom. The summed E-state index contributed by atoms with van der Waals surface area (Å²) in [5.41, 5.74) is 3.10. The van der Waals surface area contributed by atoms with E-state index in [0.717, 1.165) is 13.0 Å². The van der Waals surface area contributed by atoms with Crippen LogP contribution in [0.25, 0.3) is 5.78 Å². The molecule has 0 saturated heterocycles. The summed E-state index contributed by atoms with van der Waals surface area (Å²) < 4.78 is 1.35. The average Bonchev–Trinajstić information content (AvgIpc) is 2.89. The van der Waals surface area contributed by atoms with Gasteiger partial charge in [-0.3, -0.25) is 9.89 Å². The molecule has 0 aliphatic heterocycles. The third kappa shape index (κ3) is 3.07. The van der Waals surface area contributed by atoms with Crippen molar-refractivity contribution in [3.05, 3.63) is 63.3 Å². The predicted molar refractivity (Wildman–Crippen MR) is 84.7 cm³/mol. The van der Waals surface area contributed by atoms with Gasteiger partial charge < -0.3 is 5.32 Å². The second kappa shape index (κ2) is 6.11. The summed E-state index contributed by atoms with van der Waals surface area (Å²) in [5.74, 6) is 1.08. The first-order chi connectivity index (χ1) is 10.7. The Morgan fingerprint density at radius 2 is 1.86 bits per heavy atom. The van der Waals surface area contributed by atoms with Gasteiger partial charge in [0.15, 0.2) is 0 Å². The molecular weight excluding hydrogens is 278 g/mol. The Labute approximate surface area is 128 Å². The monoisotopic (exact) mass is 297 g/mol. The number of H-pyrrole nitrogens is 1. The summed E-state index contributed by atoms with van der Waals surface area (Å²) >= 11 is 0. The maximum Gasteiger partial charge on any atom is 0.274 e. The van der Waals surface area contributed by atoms with Crippen LogP contribution in [-0.2, 0) is 19.5 Å². The standard InChI is InChI=1S/C16H19N5O/c1-3-12-4-6-13(7-5-12)9-17-10-14-8-15(22)21-16(19-14)18-11(2)20-21/h4-8,17H,3,9-10H2,1-2H3,(H,18,19,20). The molecule has 0 aliphatic carbocycles. The first kappa shape index (κ1) is 14.5. The smallest absolute Gasteiger partial charge is 0.274 e. The van der Waals surface area contributed by atoms with Gasteiger partial charge in [0.1, 0.15) is 5.82 Å². The van der Waals surface area contributed by atoms with Crippen molar-refractivity contribution in [2.24, 2.45) is 0 Å². The second-order valence-corrected chi connectivity index (χ2v) is 5.30. The fraction of sp³-hybridized carbons (Fsp3) is 0.312. The van der Waals surface area contributed by atoms with Crippen molar-refractivity contribution in [1.29, 1.82) is 0 Å². The average molecular weight is 297 g/mol. The Morgan fingerprint density at radius 3 is 2.59 bits per heavy atom. The van der Waals surface area contributed by atoms with Crippen molar-refractivity contribution >= 4 is 5.78 Å². The van der Waals surface area contributed by atoms with Gasteiger partial charge in [-0.25, -0.2) is 4.98 Å². The van der Waals surface area contributed by atoms with E-state index in [-0.39, 0.29) is 5.56 Å². The number of hydrogen-bond donors (Lipinski definition) is 2. The van der Waals surface area contributed by atoms with Crippen LogP contribution in [0.5, 0.6) is 0 Å². The molecule has 0 amide bonds. The topological polar surface area (TPSA) is 75.1 Å². The predicted octanol–water partition coefficient (Wildman–Crippen LogP) is 1.58. The maximum atomic E-state index is 11.9. The van der Waals surface area contributed by atoms with E-state index in [1.807, 2.05) is 0 Å². The molecule has 3 rings (SSSR count). The lowest BCUT2D eigenvalue weighted by Gasteiger charge is -2.05. The van der Waals surface area contributed by atoms with Gasteiger partial charge in [0.2, 0.25) is 0 Å². The number of fused-ring (bicyclic) bond motifs is 1. The van der Waals surface area contributed by atoms with Crippen LogP contribution in [-0.4, -0.2) is 19.6 Å². The lowest BCUT2D eigenvalue weighted by molar-refractivity contribution is 0.675. The first-order valence-corrected chi connectivity index (χ1v) is 7.39. The third-order valence-electron chi connectivity index (χ3n) is 3.56. The van der Waals surface area contributed by atoms with Gasteiger partial charge in [-0.15, -0.1) is 0 Å². The quantitative estimate of drug-likeness (QED) is 0.750. The van der Waals surface area contributed by atoms with Gasteiger partial charge >= 0.3 is 0 Å². The van der Waals surface area contributed by atoms with E-state index in [0.29, 0.717) is 23.8 Å². The van der Waals surface area contributed by atoms with Crippen molar-refractivity contribution in [3.63, 3.8) is 0 Å². The summed E-state index contributed by atoms with van der Waals surface area (Å²) in [6.45, 7) is 5.22. The highest BCUT2D eigenvalue weighted by atomic mass is 16.1. The molecule has 1 aromatic carbocycles. The van der Waals surface area contributed by atoms with E-state index >= 15 is 0 Å². The minimum absolute atomic E-state index is 0.144. The van der Waals surface area contributed by atoms with Crippen LogP contribution in [0.3, 0.4) is 0 Å². The SMILES string of the molecule is CCc1ccc(CNCc2cc(=O)n3[nH]c(C)nc3n2)cc1. The highest BCUT2D eigenvalue weighted by Crippen LogP contribution is 2.05. The molecular formula is C16H19N5O. The Hall–Kier alpha value is -2.47. The highest BCUT2D eigenvalue weighted by molar-refractivity contribution is 5.28. The van der Waals surface area contributed by atoms with Gasteiger partial charge in [0.05, 0.1) is 5.69 Å². The molecule has 0 saturated carbocycles. The second-order valence-electron chi connectivity index (χ2n) is 5.30. The van der Waals surface area contributed by atoms with Gasteiger partial charge in [-0.2, -0.15) is 9.50 Å². The van der Waals surface area contributed by atoms with Crippen molar-refractivity contribution in [1.82, 2.24) is 24.9 Å². The van der Waals surface area contributed by atoms with E-state index in [9.17, 15) is 4.79 Å². The number of rotatable bonds is 5. The normalized spacial score (nSPS) is 11.2. The van der Waals surface area contributed by atoms with E-state index in [2.05, 4.69) is 51.6 Å². The summed E-state index contributed by atoms with van der Waals surface area (Å²) in [6.07, 6.45) is 1.05. The van der Waals surface area contributed by atoms with Crippen LogP contribution in [0.15, 0.2) is 35.1 Å². The molecule has 0 atom stereocenters. The molecule has 6 heteroatoms. The summed E-state index contributed by atoms with van der Waals surface area (Å²) in [6, 6.07) is 10.0. The van der Waals surface area contributed by atoms with E-state index in [4.69, 9.17) is 0 Å². The summed E-state index contributed by atoms with van der Waals surface area (Å²) in [7, 11) is 0. The molecule has 3 aromatic rings. The molecule has 114 valence electrons. The van der Waals surface area contributed by atoms with E-state index in [1.54, 1.807) is 6.92 Å². The molecule has 0 bridgehead atoms. The van der Waals surface area contributed by atoms with Gasteiger partial charge in [-0.1, -0.05) is 31.2 Å². The van der Waals surface area contributed by atoms with Crippen molar-refractivity contribution in [2.75, 3.05) is 0 Å². The number of benzene rings is 1. The Kier molecular flexibility index (Phi) is 4.02. The highest BCUT2D eigenvalue weighted by Gasteiger charge is 2.05. The fourth-order valence-electron chi connectivity index (χ4n) is 2.35. The molecule has 2 aromatic heterocycles. The van der Waals surface area contributed by atoms with Gasteiger partial charge in [0.25, 0.3) is 11.3 Å². The molecule has 2 N–H and O–H groups in total. The minimum Gasteiger partial charge on any atom is -0.307 e. The molecule has 6 nitrogen and oxygen atoms in total. The van der Waals surface area contributed by atoms with Gasteiger partial charge in [0, 0.05) is 19.2 Å². The lowest BCUT2D eigenvalue weighted by atomic mass is 10.1. The minimum atomic E-state index is -0.144. The number of nitrogens with zero attached hydrogens (tertiary/aromatic N) is 3. The maximum absolute atomic E-state index is 11.9. The number of aromatic amines is 1. The Bertz CT molecular complexity index is 832. The van der Waals surface area contributed by atoms with Crippen LogP contribution < -0.4 is 10.9 Å². The van der Waals surface area contributed by atoms with Crippen LogP contribution in [0, 0.1) is 6.92 Å². The van der Waals surface area contributed by atoms with Crippen molar-refractivity contribution < 1.29 is 0 Å². The van der Waals surface area contributed by atoms with Crippen molar-refractivity contribution in [2.45, 2.75) is 33.4 Å². The zero-order valence-corrected chi connectivity index (χ0v) is 12.8. The van der Waals surface area contributed by atoms with E-state index in [1.165, 1.54) is 21.7 Å². The van der Waals surface area contributed by atoms with Crippen LogP contribution in [0.2, 0.25) is 0 Å². The molecule has 0 spiro atoms. The van der Waals surface area contributed by atoms with Crippen LogP contribution >= 0.6 is 0 Å². The number of hydrogen-bond acceptors (Lipinski definition) is 4. The van der Waals surface area contributed by atoms with Crippen LogP contribution in [0.1, 0.15) is 29.6 Å². The molecule has 0 unspecified atom stereocenters. The summed E-state index contributed by atoms with van der Waals surface area (Å²) in [5, 5.41) is 6.16. The number of nitrogens with one attached hydrogen (secondary N) is 2. The first-order valence-electron chi connectivity index (χ1n) is 7.39. The molecule has 2 heterocycles. The van der Waals surface area contributed by atoms with E-state index < -0.39 is 0 Å². The zero-order chi connectivity index (χ0) is 15.5. The molecule has 0 radical (unpaired) electrons. The van der Waals surface area contributed by atoms with Crippen molar-refractivity contribution in [3.8, 4) is 0 Å². The zero-order valence-electron chi connectivity index (χ0n) is 12.8. The number of aromatic nitrogens is 4. The third-order valence-corrected chi connectivity index (χ3v) is 3.56. The molecule has 0 fully saturated rings. The largest absolute Gasteiger partial charge is 0.307 e. The summed E-state index contributed by atoms with van der Waals surface area (Å²) in [4.78, 5) is 20.5. The van der Waals surface area contributed by atoms with Crippen LogP contribution in [0.4, 0.5) is 0 Å². The number of aryl methyl sites for hydroxylation is 2.